The molecule has 8 aliphatic heterocycles. The zero-order chi connectivity index (χ0) is 90.4. The van der Waals surface area contributed by atoms with E-state index in [0.717, 1.165) is 43.0 Å². The van der Waals surface area contributed by atoms with Crippen LogP contribution >= 0.6 is 0 Å². The van der Waals surface area contributed by atoms with Gasteiger partial charge in [0.25, 0.3) is 0 Å². The average molecular weight is 1770 g/mol. The standard InChI is InChI=1S/C73H107N5O45/c1-20(85)74-36-44(94)54(33(17-83)115-64(36)72(110)34(18-84)118-66(38(61(72)104)76-22(3)87)78-35(88)12-28(67(107)108)77-71(109)112-19-27-25-10-6-4-8-23(25)24-9-5-7-11-26(24)27)120-69-53(103)57(122-70-60(47(97)42(92)32(16-82)117-70)123-68-37(75-21(2)86)43(93)39(89)31(15-81)116-68)50(100)56(121-69)52(102)59-63(106)73(111,65-49(99)46(96)41(91)30(14-80)114-65)62(105)58(119-59)51(101)55-48(98)45(95)40(90)29(13-79)113-55/h4-11,27-34,36-66,68-70,79-84,89-106,110-111H,12-19H2,1-3H3,(H,74,85)(H,75,86)(H,76,87)(H,77,109)(H,78,88)(H,107,108)/t28-,29+,30+,31+,32+,33+,34+,36+,37+,38+,39+,40+,41+,42+,43+,44+,45-,46-,47-,48-,49-,50+,51?,52?,53-,54+,55-,56-,57-,58+,59?,60-,61+,62+,63+,64?,65-,66+,68-,69+,70+,72+,73-/m0/s1. The monoisotopic (exact) mass is 1770 g/mol. The van der Waals surface area contributed by atoms with Gasteiger partial charge in [0.15, 0.2) is 30.7 Å². The van der Waals surface area contributed by atoms with Crippen LogP contribution in [-0.2, 0) is 80.8 Å². The third-order valence-corrected chi connectivity index (χ3v) is 23.9. The molecule has 32 N–H and O–H groups in total. The van der Waals surface area contributed by atoms with Gasteiger partial charge in [0, 0.05) is 26.7 Å². The number of benzene rings is 2. The van der Waals surface area contributed by atoms with Crippen molar-refractivity contribution in [2.45, 2.75) is 295 Å². The molecule has 4 unspecified atom stereocenters. The van der Waals surface area contributed by atoms with Crippen molar-refractivity contribution in [2.24, 2.45) is 0 Å². The lowest BCUT2D eigenvalue weighted by Gasteiger charge is -2.58. The Balaban J connectivity index is 0.928. The van der Waals surface area contributed by atoms with Crippen LogP contribution in [0.4, 0.5) is 4.79 Å². The summed E-state index contributed by atoms with van der Waals surface area (Å²) in [5.74, 6) is -6.79. The summed E-state index contributed by atoms with van der Waals surface area (Å²) < 4.78 is 70.6. The molecule has 1 aliphatic carbocycles. The zero-order valence-electron chi connectivity index (χ0n) is 65.4. The Morgan fingerprint density at radius 2 is 0.870 bits per heavy atom. The van der Waals surface area contributed by atoms with Gasteiger partial charge in [-0.2, -0.15) is 0 Å². The van der Waals surface area contributed by atoms with Crippen LogP contribution in [0.1, 0.15) is 44.2 Å². The van der Waals surface area contributed by atoms with Gasteiger partial charge in [-0.25, -0.2) is 9.59 Å². The van der Waals surface area contributed by atoms with E-state index in [2.05, 4.69) is 26.6 Å². The van der Waals surface area contributed by atoms with Crippen molar-refractivity contribution >= 4 is 35.7 Å². The van der Waals surface area contributed by atoms with Gasteiger partial charge >= 0.3 is 12.1 Å². The maximum Gasteiger partial charge on any atom is 0.407 e. The van der Waals surface area contributed by atoms with Gasteiger partial charge in [0.1, 0.15) is 232 Å². The summed E-state index contributed by atoms with van der Waals surface area (Å²) in [5, 5.41) is 324. The molecule has 2 aromatic rings. The Labute approximate surface area is 695 Å². The molecule has 123 heavy (non-hydrogen) atoms. The number of hydrogen-bond donors (Lipinski definition) is 32. The topological polar surface area (TPSA) is 820 Å². The van der Waals surface area contributed by atoms with Crippen LogP contribution in [0.2, 0.25) is 0 Å². The number of hydrogen-bond acceptors (Lipinski definition) is 44. The molecule has 50 heteroatoms. The summed E-state index contributed by atoms with van der Waals surface area (Å²) in [7, 11) is 0. The molecule has 5 amide bonds. The molecule has 43 atom stereocenters. The number of carbonyl (C=O) groups is 6. The van der Waals surface area contributed by atoms with E-state index >= 15 is 0 Å². The Kier molecular flexibility index (Phi) is 31.7. The highest BCUT2D eigenvalue weighted by atomic mass is 16.8. The predicted octanol–water partition coefficient (Wildman–Crippen LogP) is -18.0. The summed E-state index contributed by atoms with van der Waals surface area (Å²) in [5.41, 5.74) is -3.95. The molecule has 0 saturated carbocycles. The van der Waals surface area contributed by atoms with E-state index in [1.165, 1.54) is 0 Å². The lowest BCUT2D eigenvalue weighted by atomic mass is 9.70. The summed E-state index contributed by atoms with van der Waals surface area (Å²) >= 11 is 0. The van der Waals surface area contributed by atoms with E-state index in [4.69, 9.17) is 56.8 Å². The number of rotatable bonds is 28. The lowest BCUT2D eigenvalue weighted by Crippen LogP contribution is -2.81. The first-order valence-electron chi connectivity index (χ1n) is 39.1. The van der Waals surface area contributed by atoms with Crippen LogP contribution in [-0.4, -0.2) is 482 Å². The predicted molar refractivity (Wildman–Crippen MR) is 390 cm³/mol. The van der Waals surface area contributed by atoms with Crippen LogP contribution in [0.5, 0.6) is 0 Å². The number of aliphatic hydroxyl groups is 26. The van der Waals surface area contributed by atoms with Gasteiger partial charge in [-0.05, 0) is 22.3 Å². The van der Waals surface area contributed by atoms with Crippen LogP contribution < -0.4 is 26.6 Å². The van der Waals surface area contributed by atoms with E-state index in [1.807, 2.05) is 36.4 Å². The molecule has 0 spiro atoms. The van der Waals surface area contributed by atoms with Gasteiger partial charge in [-0.15, -0.1) is 0 Å². The largest absolute Gasteiger partial charge is 0.480 e. The molecule has 694 valence electrons. The van der Waals surface area contributed by atoms with Gasteiger partial charge in [-0.3, -0.25) is 19.2 Å². The fourth-order valence-electron chi connectivity index (χ4n) is 17.5. The third kappa shape index (κ3) is 18.9. The highest BCUT2D eigenvalue weighted by Gasteiger charge is 2.70. The number of fused-ring (bicyclic) bond motifs is 3. The second-order valence-corrected chi connectivity index (χ2v) is 31.7. The fraction of sp³-hybridized carbons (Fsp3) is 0.753. The zero-order valence-corrected chi connectivity index (χ0v) is 65.4. The molecule has 0 bridgehead atoms. The molecule has 0 radical (unpaired) electrons. The number of aliphatic carboxylic acids is 1. The average Bonchev–Trinajstić information content (AvgIpc) is 1.08. The van der Waals surface area contributed by atoms with E-state index in [-0.39, 0.29) is 6.61 Å². The maximum absolute atomic E-state index is 14.0. The molecule has 11 rings (SSSR count). The first kappa shape index (κ1) is 97.2. The number of carbonyl (C=O) groups excluding carboxylic acids is 5. The van der Waals surface area contributed by atoms with Gasteiger partial charge in [0.05, 0.1) is 52.1 Å². The van der Waals surface area contributed by atoms with Gasteiger partial charge in [-0.1, -0.05) is 48.5 Å². The minimum absolute atomic E-state index is 0.300. The first-order valence-corrected chi connectivity index (χ1v) is 39.1. The number of alkyl carbamates (subject to hydrolysis) is 1. The van der Waals surface area contributed by atoms with Gasteiger partial charge < -0.3 is 221 Å². The Hall–Kier alpha value is -6.42. The van der Waals surface area contributed by atoms with Crippen molar-refractivity contribution in [2.75, 3.05) is 46.2 Å². The number of carboxylic acid groups (broad SMARTS) is 1. The molecule has 0 aromatic heterocycles. The summed E-state index contributed by atoms with van der Waals surface area (Å²) in [6, 6.07) is 5.98. The molecular formula is C73H107N5O45. The van der Waals surface area contributed by atoms with Crippen molar-refractivity contribution in [3.63, 3.8) is 0 Å². The minimum Gasteiger partial charge on any atom is -0.480 e. The smallest absolute Gasteiger partial charge is 0.407 e. The molecular weight excluding hydrogens is 1670 g/mol. The molecule has 2 aromatic carbocycles. The van der Waals surface area contributed by atoms with E-state index < -0.39 is 350 Å². The Bertz CT molecular complexity index is 3880. The van der Waals surface area contributed by atoms with E-state index in [9.17, 15) is 167 Å². The number of ether oxygens (including phenoxy) is 12. The SMILES string of the molecule is CC(=O)N[C@H]1[C@H](O[C@@H]2[C@@H](O[C@@H]3[C@H](O)[C@H](O[C@H]4[C@H](O)[C@@H](NC(C)=O)C([C@]5(O)[C@H](O)[C@@H](NC(C)=O)[C@H](NC(=O)C[C@H](NC(=O)OCC6c7ccccc7-c7ccccc76)C(=O)O)O[C@@H]5CO)O[C@@H]4CO)O[C@H](C(O)C4O[C@H](C(O)[C@H]5O[C@H](CO)[C@@H](O)[C@H](O)[C@@H]5O)[C@@H](O)[C@@](O)([C@H]5O[C@H](CO)[C@@H](O)[C@H](O)[C@@H]5O)[C@@H]4O)[C@H]3O)O[C@H](CO)[C@@H](O)[C@@H]2O)O[C@H](CO)[C@@H](O)[C@@H]1O. The second-order valence-electron chi connectivity index (χ2n) is 31.7. The Morgan fingerprint density at radius 1 is 0.407 bits per heavy atom. The fourth-order valence-corrected chi connectivity index (χ4v) is 17.5. The van der Waals surface area contributed by atoms with Crippen molar-refractivity contribution in [3.8, 4) is 11.1 Å². The number of amides is 5. The van der Waals surface area contributed by atoms with Crippen molar-refractivity contribution in [3.05, 3.63) is 59.7 Å². The minimum atomic E-state index is -3.87. The Morgan fingerprint density at radius 3 is 1.41 bits per heavy atom. The third-order valence-electron chi connectivity index (χ3n) is 23.9. The molecule has 50 nitrogen and oxygen atoms in total. The van der Waals surface area contributed by atoms with Crippen LogP contribution in [0.25, 0.3) is 11.1 Å². The number of aliphatic hydroxyl groups excluding tert-OH is 24. The maximum atomic E-state index is 14.0. The quantitative estimate of drug-likeness (QED) is 0.0376. The molecule has 8 heterocycles. The van der Waals surface area contributed by atoms with Crippen molar-refractivity contribution < 1.29 is 223 Å². The second kappa shape index (κ2) is 40.1. The van der Waals surface area contributed by atoms with Crippen LogP contribution in [0.3, 0.4) is 0 Å². The molecule has 8 saturated heterocycles. The van der Waals surface area contributed by atoms with Crippen LogP contribution in [0.15, 0.2) is 48.5 Å². The van der Waals surface area contributed by atoms with Crippen molar-refractivity contribution in [1.29, 1.82) is 0 Å². The summed E-state index contributed by atoms with van der Waals surface area (Å²) in [4.78, 5) is 79.1. The normalized spacial score (nSPS) is 44.1. The summed E-state index contributed by atoms with van der Waals surface area (Å²) in [6.07, 6.45) is -95.6. The lowest BCUT2D eigenvalue weighted by molar-refractivity contribution is -0.399. The number of nitrogens with one attached hydrogen (secondary N) is 5. The highest BCUT2D eigenvalue weighted by molar-refractivity contribution is 5.87. The van der Waals surface area contributed by atoms with Crippen molar-refractivity contribution in [1.82, 2.24) is 26.6 Å². The molecule has 8 fully saturated rings. The van der Waals surface area contributed by atoms with E-state index in [0.29, 0.717) is 0 Å². The van der Waals surface area contributed by atoms with Gasteiger partial charge in [0.2, 0.25) is 23.6 Å². The highest BCUT2D eigenvalue weighted by Crippen LogP contribution is 2.48. The van der Waals surface area contributed by atoms with Crippen LogP contribution in [0, 0.1) is 0 Å². The first-order chi connectivity index (χ1) is 58.1. The summed E-state index contributed by atoms with van der Waals surface area (Å²) in [6.45, 7) is -5.52. The molecule has 9 aliphatic rings. The number of carboxylic acids is 1. The van der Waals surface area contributed by atoms with E-state index in [1.54, 1.807) is 12.1 Å².